The van der Waals surface area contributed by atoms with E-state index in [2.05, 4.69) is 10.2 Å². The van der Waals surface area contributed by atoms with Crippen LogP contribution in [0.25, 0.3) is 10.9 Å². The Kier molecular flexibility index (Phi) is 11.7. The lowest BCUT2D eigenvalue weighted by Gasteiger charge is -2.26. The molecule has 1 aliphatic rings. The van der Waals surface area contributed by atoms with Gasteiger partial charge in [0.25, 0.3) is 5.92 Å². The number of rotatable bonds is 16. The number of aliphatic hydroxyl groups excluding tert-OH is 1. The number of nitrogens with one attached hydrogen (secondary N) is 1. The van der Waals surface area contributed by atoms with E-state index in [-0.39, 0.29) is 11.6 Å². The second-order valence-corrected chi connectivity index (χ2v) is 11.3. The highest BCUT2D eigenvalue weighted by Gasteiger charge is 2.31. The van der Waals surface area contributed by atoms with E-state index in [9.17, 15) is 8.78 Å². The minimum absolute atomic E-state index is 0.220. The van der Waals surface area contributed by atoms with Gasteiger partial charge in [-0.05, 0) is 69.9 Å². The lowest BCUT2D eigenvalue weighted by molar-refractivity contribution is -0.0556. The smallest absolute Gasteiger partial charge is 0.295 e. The van der Waals surface area contributed by atoms with Crippen molar-refractivity contribution in [1.29, 1.82) is 0 Å². The number of benzene rings is 2. The number of nitrogens with zero attached hydrogens (tertiary/aromatic N) is 3. The van der Waals surface area contributed by atoms with Crippen molar-refractivity contribution in [3.63, 3.8) is 0 Å². The Bertz CT molecular complexity index is 1280. The Morgan fingerprint density at radius 3 is 2.33 bits per heavy atom. The number of aliphatic hydroxyl groups is 1. The van der Waals surface area contributed by atoms with Crippen molar-refractivity contribution in [3.8, 4) is 11.5 Å². The summed E-state index contributed by atoms with van der Waals surface area (Å²) in [6.45, 7) is 4.44. The Morgan fingerprint density at radius 2 is 1.62 bits per heavy atom. The molecular weight excluding hydrogens is 538 g/mol. The first-order valence-corrected chi connectivity index (χ1v) is 15.3. The maximum atomic E-state index is 14.2. The van der Waals surface area contributed by atoms with Crippen LogP contribution >= 0.6 is 0 Å². The molecule has 4 rings (SSSR count). The van der Waals surface area contributed by atoms with Crippen molar-refractivity contribution in [2.24, 2.45) is 0 Å². The molecule has 1 atom stereocenters. The highest BCUT2D eigenvalue weighted by molar-refractivity contribution is 5.92. The van der Waals surface area contributed by atoms with E-state index >= 15 is 0 Å². The number of methoxy groups -OCH3 is 2. The average Bonchev–Trinajstić information content (AvgIpc) is 3.02. The zero-order chi connectivity index (χ0) is 30.0. The van der Waals surface area contributed by atoms with Gasteiger partial charge >= 0.3 is 0 Å². The standard InChI is InChI=1S/C33H46F2N4O3/c1-24(25-14-13-15-26(20-25)33(34,35)23-40)36-32-27-21-29(41-2)30(42-3)22-28(27)37-31(38-32)16-9-6-4-5-7-10-17-39-18-11-8-12-19-39/h13-15,20-22,24,40H,4-12,16-19,23H2,1-3H3,(H,36,37,38)/t24-/m1/s1. The summed E-state index contributed by atoms with van der Waals surface area (Å²) >= 11 is 0. The fourth-order valence-corrected chi connectivity index (χ4v) is 5.65. The summed E-state index contributed by atoms with van der Waals surface area (Å²) < 4.78 is 39.4. The quantitative estimate of drug-likeness (QED) is 0.171. The maximum absolute atomic E-state index is 14.2. The third kappa shape index (κ3) is 8.51. The van der Waals surface area contributed by atoms with Crippen LogP contribution in [0.15, 0.2) is 36.4 Å². The molecule has 0 radical (unpaired) electrons. The van der Waals surface area contributed by atoms with Gasteiger partial charge in [-0.2, -0.15) is 8.78 Å². The molecule has 0 spiro atoms. The molecule has 0 aliphatic carbocycles. The second-order valence-electron chi connectivity index (χ2n) is 11.3. The summed E-state index contributed by atoms with van der Waals surface area (Å²) in [5, 5.41) is 13.3. The van der Waals surface area contributed by atoms with Crippen molar-refractivity contribution < 1.29 is 23.4 Å². The first kappa shape index (κ1) is 31.9. The fourth-order valence-electron chi connectivity index (χ4n) is 5.65. The number of hydrogen-bond acceptors (Lipinski definition) is 7. The van der Waals surface area contributed by atoms with E-state index < -0.39 is 12.5 Å². The Morgan fingerprint density at radius 1 is 0.929 bits per heavy atom. The van der Waals surface area contributed by atoms with E-state index in [1.165, 1.54) is 76.7 Å². The molecule has 0 bridgehead atoms. The molecule has 1 aromatic heterocycles. The molecule has 1 saturated heterocycles. The van der Waals surface area contributed by atoms with Crippen LogP contribution in [-0.2, 0) is 12.3 Å². The lowest BCUT2D eigenvalue weighted by Crippen LogP contribution is -2.30. The molecule has 230 valence electrons. The van der Waals surface area contributed by atoms with Gasteiger partial charge in [-0.3, -0.25) is 0 Å². The highest BCUT2D eigenvalue weighted by atomic mass is 19.3. The van der Waals surface area contributed by atoms with Gasteiger partial charge in [-0.25, -0.2) is 9.97 Å². The Balaban J connectivity index is 1.42. The number of aryl methyl sites for hydroxylation is 1. The molecule has 42 heavy (non-hydrogen) atoms. The summed E-state index contributed by atoms with van der Waals surface area (Å²) in [4.78, 5) is 12.3. The van der Waals surface area contributed by atoms with Crippen LogP contribution in [0.1, 0.15) is 87.7 Å². The number of hydrogen-bond donors (Lipinski definition) is 2. The van der Waals surface area contributed by atoms with Gasteiger partial charge in [-0.1, -0.05) is 50.3 Å². The molecule has 9 heteroatoms. The summed E-state index contributed by atoms with van der Waals surface area (Å²) in [6.07, 6.45) is 12.0. The number of halogens is 2. The number of alkyl halides is 2. The van der Waals surface area contributed by atoms with Crippen LogP contribution in [-0.4, -0.2) is 60.4 Å². The number of ether oxygens (including phenoxy) is 2. The zero-order valence-electron chi connectivity index (χ0n) is 25.3. The van der Waals surface area contributed by atoms with E-state index in [4.69, 9.17) is 24.5 Å². The van der Waals surface area contributed by atoms with Crippen molar-refractivity contribution in [3.05, 3.63) is 53.3 Å². The van der Waals surface area contributed by atoms with E-state index in [1.807, 2.05) is 19.1 Å². The lowest BCUT2D eigenvalue weighted by atomic mass is 10.0. The predicted octanol–water partition coefficient (Wildman–Crippen LogP) is 7.27. The molecule has 1 aliphatic heterocycles. The fraction of sp³-hybridized carbons (Fsp3) is 0.576. The van der Waals surface area contributed by atoms with Gasteiger partial charge in [0.05, 0.1) is 19.7 Å². The summed E-state index contributed by atoms with van der Waals surface area (Å²) in [6, 6.07) is 9.48. The van der Waals surface area contributed by atoms with Crippen LogP contribution in [0.4, 0.5) is 14.6 Å². The van der Waals surface area contributed by atoms with E-state index in [0.29, 0.717) is 22.9 Å². The molecule has 2 aromatic carbocycles. The summed E-state index contributed by atoms with van der Waals surface area (Å²) in [7, 11) is 3.17. The van der Waals surface area contributed by atoms with Crippen molar-refractivity contribution in [1.82, 2.24) is 14.9 Å². The first-order chi connectivity index (χ1) is 20.3. The van der Waals surface area contributed by atoms with Crippen molar-refractivity contribution in [2.45, 2.75) is 83.1 Å². The highest BCUT2D eigenvalue weighted by Crippen LogP contribution is 2.36. The Hall–Kier alpha value is -3.04. The minimum atomic E-state index is -3.30. The molecule has 1 fully saturated rings. The van der Waals surface area contributed by atoms with Crippen LogP contribution in [0, 0.1) is 0 Å². The van der Waals surface area contributed by atoms with Gasteiger partial charge < -0.3 is 24.8 Å². The molecule has 2 heterocycles. The Labute approximate surface area is 248 Å². The number of likely N-dealkylation sites (tertiary alicyclic amines) is 1. The topological polar surface area (TPSA) is 79.7 Å². The molecule has 0 saturated carbocycles. The van der Waals surface area contributed by atoms with Gasteiger partial charge in [0.2, 0.25) is 0 Å². The van der Waals surface area contributed by atoms with Gasteiger partial charge in [-0.15, -0.1) is 0 Å². The molecule has 2 N–H and O–H groups in total. The minimum Gasteiger partial charge on any atom is -0.493 e. The van der Waals surface area contributed by atoms with Crippen LogP contribution in [0.2, 0.25) is 0 Å². The van der Waals surface area contributed by atoms with Crippen molar-refractivity contribution in [2.75, 3.05) is 45.8 Å². The normalized spacial score (nSPS) is 15.1. The summed E-state index contributed by atoms with van der Waals surface area (Å²) in [5.41, 5.74) is 1.17. The number of aromatic nitrogens is 2. The van der Waals surface area contributed by atoms with Gasteiger partial charge in [0, 0.05) is 29.5 Å². The SMILES string of the molecule is COc1cc2nc(CCCCCCCCN3CCCCC3)nc(N[C@H](C)c3cccc(C(F)(F)CO)c3)c2cc1OC. The molecule has 0 amide bonds. The largest absolute Gasteiger partial charge is 0.493 e. The monoisotopic (exact) mass is 584 g/mol. The first-order valence-electron chi connectivity index (χ1n) is 15.3. The molecule has 7 nitrogen and oxygen atoms in total. The number of unbranched alkanes of at least 4 members (excludes halogenated alkanes) is 5. The van der Waals surface area contributed by atoms with Crippen molar-refractivity contribution >= 4 is 16.7 Å². The zero-order valence-corrected chi connectivity index (χ0v) is 25.3. The molecular formula is C33H46F2N4O3. The third-order valence-electron chi connectivity index (χ3n) is 8.18. The number of piperidine rings is 1. The number of fused-ring (bicyclic) bond motifs is 1. The molecule has 3 aromatic rings. The van der Waals surface area contributed by atoms with E-state index in [0.717, 1.165) is 36.0 Å². The number of anilines is 1. The third-order valence-corrected chi connectivity index (χ3v) is 8.18. The summed E-state index contributed by atoms with van der Waals surface area (Å²) in [5.74, 6) is -0.823. The van der Waals surface area contributed by atoms with E-state index in [1.54, 1.807) is 26.4 Å². The van der Waals surface area contributed by atoms with Gasteiger partial charge in [0.1, 0.15) is 18.2 Å². The average molecular weight is 585 g/mol. The second kappa shape index (κ2) is 15.4. The maximum Gasteiger partial charge on any atom is 0.295 e. The predicted molar refractivity (Wildman–Crippen MR) is 164 cm³/mol. The van der Waals surface area contributed by atoms with Gasteiger partial charge in [0.15, 0.2) is 11.5 Å². The van der Waals surface area contributed by atoms with Crippen LogP contribution in [0.5, 0.6) is 11.5 Å². The molecule has 0 unspecified atom stereocenters. The van der Waals surface area contributed by atoms with Crippen LogP contribution in [0.3, 0.4) is 0 Å². The van der Waals surface area contributed by atoms with Crippen LogP contribution < -0.4 is 14.8 Å².